The summed E-state index contributed by atoms with van der Waals surface area (Å²) in [6, 6.07) is 10.6. The van der Waals surface area contributed by atoms with E-state index < -0.39 is 0 Å². The van der Waals surface area contributed by atoms with Gasteiger partial charge in [-0.15, -0.1) is 0 Å². The van der Waals surface area contributed by atoms with Crippen molar-refractivity contribution in [3.05, 3.63) is 35.9 Å². The normalized spacial score (nSPS) is 12.6. The van der Waals surface area contributed by atoms with E-state index in [4.69, 9.17) is 4.74 Å². The lowest BCUT2D eigenvalue weighted by Gasteiger charge is -2.14. The predicted molar refractivity (Wildman–Crippen MR) is 77.9 cm³/mol. The fraction of sp³-hybridized carbons (Fsp3) is 0.600. The Bertz CT molecular complexity index is 274. The Kier molecular flexibility index (Phi) is 8.37. The number of alkyl halides is 1. The van der Waals surface area contributed by atoms with Gasteiger partial charge >= 0.3 is 0 Å². The molecule has 0 saturated carbocycles. The lowest BCUT2D eigenvalue weighted by Crippen LogP contribution is -2.10. The summed E-state index contributed by atoms with van der Waals surface area (Å²) in [7, 11) is 0. The van der Waals surface area contributed by atoms with Gasteiger partial charge in [0.05, 0.1) is 6.61 Å². The van der Waals surface area contributed by atoms with Gasteiger partial charge in [0.2, 0.25) is 0 Å². The predicted octanol–water partition coefficient (Wildman–Crippen LogP) is 4.76. The molecule has 1 aromatic rings. The molecule has 17 heavy (non-hydrogen) atoms. The summed E-state index contributed by atoms with van der Waals surface area (Å²) in [6.45, 7) is 3.95. The van der Waals surface area contributed by atoms with Crippen molar-refractivity contribution in [2.45, 2.75) is 38.5 Å². The van der Waals surface area contributed by atoms with Crippen LogP contribution in [0.3, 0.4) is 0 Å². The van der Waals surface area contributed by atoms with Gasteiger partial charge in [0.15, 0.2) is 0 Å². The molecule has 96 valence electrons. The standard InChI is InChI=1S/C15H23BrO/c1-2-3-4-8-11-17-13-15(12-16)14-9-6-5-7-10-14/h5-7,9-10,15H,2-4,8,11-13H2,1H3. The Morgan fingerprint density at radius 3 is 2.53 bits per heavy atom. The third-order valence-corrected chi connectivity index (χ3v) is 3.70. The maximum atomic E-state index is 5.76. The van der Waals surface area contributed by atoms with E-state index in [1.165, 1.54) is 31.2 Å². The molecular weight excluding hydrogens is 276 g/mol. The zero-order valence-corrected chi connectivity index (χ0v) is 12.3. The minimum atomic E-state index is 0.474. The van der Waals surface area contributed by atoms with Crippen molar-refractivity contribution in [3.8, 4) is 0 Å². The second kappa shape index (κ2) is 9.67. The molecule has 1 rings (SSSR count). The van der Waals surface area contributed by atoms with Crippen LogP contribution in [0.25, 0.3) is 0 Å². The van der Waals surface area contributed by atoms with Crippen LogP contribution in [-0.4, -0.2) is 18.5 Å². The number of hydrogen-bond acceptors (Lipinski definition) is 1. The van der Waals surface area contributed by atoms with Crippen molar-refractivity contribution in [1.82, 2.24) is 0 Å². The average Bonchev–Trinajstić information content (AvgIpc) is 2.39. The van der Waals surface area contributed by atoms with Crippen molar-refractivity contribution in [1.29, 1.82) is 0 Å². The fourth-order valence-electron chi connectivity index (χ4n) is 1.81. The second-order valence-electron chi connectivity index (χ2n) is 4.40. The van der Waals surface area contributed by atoms with E-state index in [2.05, 4.69) is 53.2 Å². The van der Waals surface area contributed by atoms with Gasteiger partial charge in [0, 0.05) is 17.9 Å². The molecule has 0 spiro atoms. The van der Waals surface area contributed by atoms with E-state index >= 15 is 0 Å². The van der Waals surface area contributed by atoms with E-state index in [1.807, 2.05) is 0 Å². The van der Waals surface area contributed by atoms with Crippen LogP contribution in [-0.2, 0) is 4.74 Å². The molecule has 1 atom stereocenters. The summed E-state index contributed by atoms with van der Waals surface area (Å²) in [4.78, 5) is 0. The van der Waals surface area contributed by atoms with Gasteiger partial charge < -0.3 is 4.74 Å². The molecule has 2 heteroatoms. The molecule has 0 saturated heterocycles. The summed E-state index contributed by atoms with van der Waals surface area (Å²) in [5, 5.41) is 0.964. The Morgan fingerprint density at radius 2 is 1.88 bits per heavy atom. The van der Waals surface area contributed by atoms with Crippen molar-refractivity contribution >= 4 is 15.9 Å². The molecule has 1 aromatic carbocycles. The molecule has 0 bridgehead atoms. The molecule has 1 unspecified atom stereocenters. The van der Waals surface area contributed by atoms with Gasteiger partial charge in [-0.3, -0.25) is 0 Å². The van der Waals surface area contributed by atoms with Crippen molar-refractivity contribution < 1.29 is 4.74 Å². The number of rotatable bonds is 9. The molecule has 0 aromatic heterocycles. The van der Waals surface area contributed by atoms with Crippen molar-refractivity contribution in [3.63, 3.8) is 0 Å². The molecule has 0 heterocycles. The minimum Gasteiger partial charge on any atom is -0.381 e. The number of ether oxygens (including phenoxy) is 1. The SMILES string of the molecule is CCCCCCOCC(CBr)c1ccccc1. The van der Waals surface area contributed by atoms with Crippen molar-refractivity contribution in [2.24, 2.45) is 0 Å². The van der Waals surface area contributed by atoms with E-state index in [9.17, 15) is 0 Å². The molecule has 0 aliphatic carbocycles. The molecule has 0 aliphatic heterocycles. The first-order valence-electron chi connectivity index (χ1n) is 6.57. The lowest BCUT2D eigenvalue weighted by molar-refractivity contribution is 0.120. The lowest BCUT2D eigenvalue weighted by atomic mass is 10.0. The van der Waals surface area contributed by atoms with E-state index in [0.29, 0.717) is 5.92 Å². The van der Waals surface area contributed by atoms with Gasteiger partial charge in [0.25, 0.3) is 0 Å². The van der Waals surface area contributed by atoms with Gasteiger partial charge in [-0.05, 0) is 12.0 Å². The van der Waals surface area contributed by atoms with Crippen LogP contribution in [0.15, 0.2) is 30.3 Å². The monoisotopic (exact) mass is 298 g/mol. The highest BCUT2D eigenvalue weighted by Crippen LogP contribution is 2.18. The maximum absolute atomic E-state index is 5.76. The van der Waals surface area contributed by atoms with Crippen LogP contribution in [0, 0.1) is 0 Å². The Hall–Kier alpha value is -0.340. The third-order valence-electron chi connectivity index (χ3n) is 2.92. The largest absolute Gasteiger partial charge is 0.381 e. The van der Waals surface area contributed by atoms with Crippen LogP contribution in [0.5, 0.6) is 0 Å². The van der Waals surface area contributed by atoms with Crippen LogP contribution in [0.4, 0.5) is 0 Å². The first-order valence-corrected chi connectivity index (χ1v) is 7.69. The zero-order chi connectivity index (χ0) is 12.3. The summed E-state index contributed by atoms with van der Waals surface area (Å²) >= 11 is 3.57. The summed E-state index contributed by atoms with van der Waals surface area (Å²) < 4.78 is 5.76. The van der Waals surface area contributed by atoms with E-state index in [0.717, 1.165) is 18.5 Å². The zero-order valence-electron chi connectivity index (χ0n) is 10.7. The third kappa shape index (κ3) is 6.23. The van der Waals surface area contributed by atoms with Gasteiger partial charge in [-0.25, -0.2) is 0 Å². The quantitative estimate of drug-likeness (QED) is 0.472. The van der Waals surface area contributed by atoms with E-state index in [-0.39, 0.29) is 0 Å². The van der Waals surface area contributed by atoms with Crippen molar-refractivity contribution in [2.75, 3.05) is 18.5 Å². The smallest absolute Gasteiger partial charge is 0.0542 e. The molecular formula is C15H23BrO. The summed E-state index contributed by atoms with van der Waals surface area (Å²) in [5.74, 6) is 0.474. The van der Waals surface area contributed by atoms with Gasteiger partial charge in [-0.1, -0.05) is 72.4 Å². The first-order chi connectivity index (χ1) is 8.38. The van der Waals surface area contributed by atoms with Crippen LogP contribution < -0.4 is 0 Å². The molecule has 0 aliphatic rings. The minimum absolute atomic E-state index is 0.474. The number of unbranched alkanes of at least 4 members (excludes halogenated alkanes) is 3. The maximum Gasteiger partial charge on any atom is 0.0542 e. The number of hydrogen-bond donors (Lipinski definition) is 0. The second-order valence-corrected chi connectivity index (χ2v) is 5.04. The summed E-state index contributed by atoms with van der Waals surface area (Å²) in [6.07, 6.45) is 5.09. The molecule has 0 fully saturated rings. The molecule has 0 amide bonds. The topological polar surface area (TPSA) is 9.23 Å². The van der Waals surface area contributed by atoms with Crippen LogP contribution in [0.1, 0.15) is 44.1 Å². The number of benzene rings is 1. The Balaban J connectivity index is 2.20. The highest BCUT2D eigenvalue weighted by Gasteiger charge is 2.09. The van der Waals surface area contributed by atoms with Crippen LogP contribution >= 0.6 is 15.9 Å². The molecule has 0 N–H and O–H groups in total. The first kappa shape index (κ1) is 14.7. The Labute approximate surface area is 114 Å². The Morgan fingerprint density at radius 1 is 1.12 bits per heavy atom. The molecule has 0 radical (unpaired) electrons. The van der Waals surface area contributed by atoms with Crippen LogP contribution in [0.2, 0.25) is 0 Å². The summed E-state index contributed by atoms with van der Waals surface area (Å²) in [5.41, 5.74) is 1.36. The molecule has 1 nitrogen and oxygen atoms in total. The fourth-order valence-corrected chi connectivity index (χ4v) is 2.37. The highest BCUT2D eigenvalue weighted by molar-refractivity contribution is 9.09. The van der Waals surface area contributed by atoms with Gasteiger partial charge in [0.1, 0.15) is 0 Å². The van der Waals surface area contributed by atoms with Gasteiger partial charge in [-0.2, -0.15) is 0 Å². The highest BCUT2D eigenvalue weighted by atomic mass is 79.9. The average molecular weight is 299 g/mol. The van der Waals surface area contributed by atoms with E-state index in [1.54, 1.807) is 0 Å². The number of halogens is 1.